The second-order valence-electron chi connectivity index (χ2n) is 4.60. The molecule has 0 amide bonds. The van der Waals surface area contributed by atoms with E-state index in [1.165, 1.54) is 0 Å². The van der Waals surface area contributed by atoms with Crippen molar-refractivity contribution >= 4 is 21.7 Å². The molecular formula is C11H15N3S. The predicted molar refractivity (Wildman–Crippen MR) is 63.3 cm³/mol. The summed E-state index contributed by atoms with van der Waals surface area (Å²) in [5.74, 6) is 0.887. The molecule has 0 unspecified atom stereocenters. The van der Waals surface area contributed by atoms with E-state index < -0.39 is 0 Å². The maximum absolute atomic E-state index is 4.62. The van der Waals surface area contributed by atoms with E-state index in [-0.39, 0.29) is 5.41 Å². The van der Waals surface area contributed by atoms with Crippen molar-refractivity contribution in [1.82, 2.24) is 15.0 Å². The standard InChI is InChI=1S/C11H15N3S/c1-5-7-8-9(12-6-15-8)14-10(13-7)11(2,3)4/h6H,5H2,1-4H3. The first-order valence-electron chi connectivity index (χ1n) is 5.13. The molecule has 0 aromatic carbocycles. The molecule has 0 aliphatic heterocycles. The molecule has 3 nitrogen and oxygen atoms in total. The van der Waals surface area contributed by atoms with Gasteiger partial charge in [-0.15, -0.1) is 11.3 Å². The van der Waals surface area contributed by atoms with E-state index in [9.17, 15) is 0 Å². The number of fused-ring (bicyclic) bond motifs is 1. The summed E-state index contributed by atoms with van der Waals surface area (Å²) < 4.78 is 1.13. The summed E-state index contributed by atoms with van der Waals surface area (Å²) in [6, 6.07) is 0. The molecule has 0 aliphatic carbocycles. The Morgan fingerprint density at radius 3 is 2.60 bits per heavy atom. The average molecular weight is 221 g/mol. The van der Waals surface area contributed by atoms with Crippen LogP contribution in [0.3, 0.4) is 0 Å². The molecule has 2 heterocycles. The third-order valence-corrected chi connectivity index (χ3v) is 3.13. The van der Waals surface area contributed by atoms with Crippen LogP contribution in [0.2, 0.25) is 0 Å². The van der Waals surface area contributed by atoms with Gasteiger partial charge in [0, 0.05) is 5.41 Å². The number of rotatable bonds is 1. The normalized spacial score (nSPS) is 12.3. The Balaban J connectivity index is 2.69. The summed E-state index contributed by atoms with van der Waals surface area (Å²) >= 11 is 1.62. The molecule has 2 rings (SSSR count). The van der Waals surface area contributed by atoms with E-state index in [0.29, 0.717) is 0 Å². The maximum atomic E-state index is 4.62. The number of hydrogen-bond acceptors (Lipinski definition) is 4. The first-order valence-corrected chi connectivity index (χ1v) is 6.01. The van der Waals surface area contributed by atoms with Crippen LogP contribution in [0.4, 0.5) is 0 Å². The fraction of sp³-hybridized carbons (Fsp3) is 0.545. The van der Waals surface area contributed by atoms with E-state index in [2.05, 4.69) is 42.6 Å². The highest BCUT2D eigenvalue weighted by Crippen LogP contribution is 2.25. The Hall–Kier alpha value is -1.03. The average Bonchev–Trinajstić information content (AvgIpc) is 2.62. The van der Waals surface area contributed by atoms with Crippen LogP contribution in [0.5, 0.6) is 0 Å². The number of hydrogen-bond donors (Lipinski definition) is 0. The minimum Gasteiger partial charge on any atom is -0.236 e. The first kappa shape index (κ1) is 10.5. The summed E-state index contributed by atoms with van der Waals surface area (Å²) in [5.41, 5.74) is 3.79. The van der Waals surface area contributed by atoms with Crippen LogP contribution in [-0.2, 0) is 11.8 Å². The van der Waals surface area contributed by atoms with Crippen LogP contribution in [0.25, 0.3) is 10.3 Å². The van der Waals surface area contributed by atoms with E-state index in [1.54, 1.807) is 11.3 Å². The van der Waals surface area contributed by atoms with Crippen LogP contribution in [0.1, 0.15) is 39.2 Å². The summed E-state index contributed by atoms with van der Waals surface area (Å²) in [6.45, 7) is 8.49. The maximum Gasteiger partial charge on any atom is 0.174 e. The van der Waals surface area contributed by atoms with E-state index in [1.807, 2.05) is 5.51 Å². The molecule has 2 aromatic rings. The van der Waals surface area contributed by atoms with Crippen molar-refractivity contribution in [1.29, 1.82) is 0 Å². The van der Waals surface area contributed by atoms with Gasteiger partial charge in [-0.25, -0.2) is 15.0 Å². The summed E-state index contributed by atoms with van der Waals surface area (Å²) in [6.07, 6.45) is 0.935. The smallest absolute Gasteiger partial charge is 0.174 e. The highest BCUT2D eigenvalue weighted by Gasteiger charge is 2.20. The van der Waals surface area contributed by atoms with Crippen LogP contribution >= 0.6 is 11.3 Å². The molecule has 4 heteroatoms. The lowest BCUT2D eigenvalue weighted by atomic mass is 9.95. The number of aryl methyl sites for hydroxylation is 1. The van der Waals surface area contributed by atoms with Crippen LogP contribution in [-0.4, -0.2) is 15.0 Å². The van der Waals surface area contributed by atoms with Crippen molar-refractivity contribution in [3.63, 3.8) is 0 Å². The van der Waals surface area contributed by atoms with Gasteiger partial charge >= 0.3 is 0 Å². The van der Waals surface area contributed by atoms with Gasteiger partial charge < -0.3 is 0 Å². The van der Waals surface area contributed by atoms with Gasteiger partial charge in [-0.1, -0.05) is 27.7 Å². The largest absolute Gasteiger partial charge is 0.236 e. The second-order valence-corrected chi connectivity index (χ2v) is 5.46. The summed E-state index contributed by atoms with van der Waals surface area (Å²) in [4.78, 5) is 13.4. The zero-order chi connectivity index (χ0) is 11.1. The topological polar surface area (TPSA) is 38.7 Å². The quantitative estimate of drug-likeness (QED) is 0.743. The van der Waals surface area contributed by atoms with Crippen LogP contribution in [0, 0.1) is 0 Å². The first-order chi connectivity index (χ1) is 7.02. The molecule has 15 heavy (non-hydrogen) atoms. The number of nitrogens with zero attached hydrogens (tertiary/aromatic N) is 3. The predicted octanol–water partition coefficient (Wildman–Crippen LogP) is 2.95. The SMILES string of the molecule is CCc1nc(C(C)(C)C)nc2ncsc12. The molecule has 0 fully saturated rings. The molecule has 80 valence electrons. The van der Waals surface area contributed by atoms with Gasteiger partial charge in [-0.05, 0) is 6.42 Å². The minimum absolute atomic E-state index is 0.0122. The second kappa shape index (κ2) is 3.52. The fourth-order valence-electron chi connectivity index (χ4n) is 1.40. The Morgan fingerprint density at radius 1 is 1.27 bits per heavy atom. The zero-order valence-electron chi connectivity index (χ0n) is 9.53. The van der Waals surface area contributed by atoms with Crippen molar-refractivity contribution in [3.8, 4) is 0 Å². The van der Waals surface area contributed by atoms with E-state index in [0.717, 1.165) is 28.3 Å². The minimum atomic E-state index is -0.0122. The molecule has 0 atom stereocenters. The van der Waals surface area contributed by atoms with Gasteiger partial charge in [-0.2, -0.15) is 0 Å². The third kappa shape index (κ3) is 1.86. The van der Waals surface area contributed by atoms with Gasteiger partial charge in [-0.3, -0.25) is 0 Å². The molecule has 0 bridgehead atoms. The molecule has 2 aromatic heterocycles. The van der Waals surface area contributed by atoms with Crippen molar-refractivity contribution in [2.24, 2.45) is 0 Å². The lowest BCUT2D eigenvalue weighted by Gasteiger charge is -2.16. The molecule has 0 aliphatic rings. The van der Waals surface area contributed by atoms with Crippen molar-refractivity contribution in [3.05, 3.63) is 17.0 Å². The van der Waals surface area contributed by atoms with Gasteiger partial charge in [0.25, 0.3) is 0 Å². The summed E-state index contributed by atoms with van der Waals surface area (Å²) in [7, 11) is 0. The fourth-order valence-corrected chi connectivity index (χ4v) is 2.18. The number of thiazole rings is 1. The van der Waals surface area contributed by atoms with Gasteiger partial charge in [0.15, 0.2) is 5.65 Å². The Labute approximate surface area is 93.6 Å². The van der Waals surface area contributed by atoms with Crippen LogP contribution in [0.15, 0.2) is 5.51 Å². The Kier molecular flexibility index (Phi) is 2.46. The Bertz CT molecular complexity index is 482. The third-order valence-electron chi connectivity index (χ3n) is 2.27. The van der Waals surface area contributed by atoms with Crippen molar-refractivity contribution in [2.45, 2.75) is 39.5 Å². The molecule has 0 saturated carbocycles. The lowest BCUT2D eigenvalue weighted by Crippen LogP contribution is -2.17. The molecule has 0 radical (unpaired) electrons. The van der Waals surface area contributed by atoms with Gasteiger partial charge in [0.1, 0.15) is 5.82 Å². The van der Waals surface area contributed by atoms with Crippen molar-refractivity contribution in [2.75, 3.05) is 0 Å². The van der Waals surface area contributed by atoms with Crippen LogP contribution < -0.4 is 0 Å². The highest BCUT2D eigenvalue weighted by molar-refractivity contribution is 7.16. The monoisotopic (exact) mass is 221 g/mol. The molecule has 0 N–H and O–H groups in total. The van der Waals surface area contributed by atoms with Gasteiger partial charge in [0.05, 0.1) is 15.9 Å². The molecule has 0 saturated heterocycles. The lowest BCUT2D eigenvalue weighted by molar-refractivity contribution is 0.545. The van der Waals surface area contributed by atoms with E-state index in [4.69, 9.17) is 0 Å². The van der Waals surface area contributed by atoms with E-state index >= 15 is 0 Å². The molecular weight excluding hydrogens is 206 g/mol. The number of aromatic nitrogens is 3. The molecule has 0 spiro atoms. The van der Waals surface area contributed by atoms with Crippen molar-refractivity contribution < 1.29 is 0 Å². The Morgan fingerprint density at radius 2 is 2.00 bits per heavy atom. The zero-order valence-corrected chi connectivity index (χ0v) is 10.4. The van der Waals surface area contributed by atoms with Gasteiger partial charge in [0.2, 0.25) is 0 Å². The summed E-state index contributed by atoms with van der Waals surface area (Å²) in [5, 5.41) is 0. The highest BCUT2D eigenvalue weighted by atomic mass is 32.1.